The zero-order chi connectivity index (χ0) is 10.7. The first-order chi connectivity index (χ1) is 7.31. The van der Waals surface area contributed by atoms with E-state index in [2.05, 4.69) is 6.92 Å². The van der Waals surface area contributed by atoms with Crippen LogP contribution in [0, 0.1) is 0 Å². The van der Waals surface area contributed by atoms with Gasteiger partial charge in [0.05, 0.1) is 0 Å². The Balaban J connectivity index is 1.94. The topological polar surface area (TPSA) is 38.7 Å². The summed E-state index contributed by atoms with van der Waals surface area (Å²) in [5.74, 6) is 1.29. The minimum absolute atomic E-state index is 0.158. The van der Waals surface area contributed by atoms with Gasteiger partial charge < -0.3 is 14.6 Å². The maximum Gasteiger partial charge on any atom is 0.241 e. The van der Waals surface area contributed by atoms with Crippen LogP contribution in [0.4, 0.5) is 0 Å². The molecule has 0 saturated carbocycles. The Morgan fingerprint density at radius 1 is 1.27 bits per heavy atom. The molecular formula is C12H16O3. The van der Waals surface area contributed by atoms with E-state index in [4.69, 9.17) is 9.47 Å². The molecule has 1 atom stereocenters. The number of hydrogen-bond donors (Lipinski definition) is 1. The summed E-state index contributed by atoms with van der Waals surface area (Å²) < 4.78 is 11.1. The van der Waals surface area contributed by atoms with Crippen LogP contribution in [0.5, 0.6) is 17.2 Å². The molecule has 1 unspecified atom stereocenters. The lowest BCUT2D eigenvalue weighted by atomic mass is 10.2. The molecule has 3 heteroatoms. The molecule has 0 spiro atoms. The van der Waals surface area contributed by atoms with Crippen molar-refractivity contribution in [1.29, 1.82) is 0 Å². The molecule has 2 rings (SSSR count). The van der Waals surface area contributed by atoms with Gasteiger partial charge in [-0.05, 0) is 18.6 Å². The van der Waals surface area contributed by atoms with Crippen molar-refractivity contribution in [1.82, 2.24) is 0 Å². The van der Waals surface area contributed by atoms with Crippen LogP contribution in [0.3, 0.4) is 0 Å². The Hall–Kier alpha value is -1.38. The molecule has 1 aliphatic rings. The van der Waals surface area contributed by atoms with Crippen LogP contribution >= 0.6 is 0 Å². The zero-order valence-electron chi connectivity index (χ0n) is 8.90. The predicted molar refractivity (Wildman–Crippen MR) is 57.3 cm³/mol. The van der Waals surface area contributed by atoms with Crippen molar-refractivity contribution in [3.8, 4) is 17.2 Å². The maximum atomic E-state index is 9.52. The molecule has 0 aromatic heterocycles. The minimum atomic E-state index is -0.222. The Bertz CT molecular complexity index is 336. The van der Waals surface area contributed by atoms with Gasteiger partial charge >= 0.3 is 0 Å². The fraction of sp³-hybridized carbons (Fsp3) is 0.500. The number of aromatic hydroxyl groups is 1. The van der Waals surface area contributed by atoms with Crippen LogP contribution < -0.4 is 9.47 Å². The SMILES string of the molecule is CCCCCC1Oc2cccc(O)c2O1. The second-order valence-corrected chi connectivity index (χ2v) is 3.77. The number of rotatable bonds is 4. The fourth-order valence-electron chi connectivity index (χ4n) is 1.69. The van der Waals surface area contributed by atoms with Crippen molar-refractivity contribution in [2.45, 2.75) is 38.9 Å². The normalized spacial score (nSPS) is 18.1. The number of hydrogen-bond acceptors (Lipinski definition) is 3. The average molecular weight is 208 g/mol. The molecule has 0 radical (unpaired) electrons. The number of phenols is 1. The summed E-state index contributed by atoms with van der Waals surface area (Å²) in [6.45, 7) is 2.16. The highest BCUT2D eigenvalue weighted by atomic mass is 16.7. The van der Waals surface area contributed by atoms with E-state index in [1.54, 1.807) is 12.1 Å². The zero-order valence-corrected chi connectivity index (χ0v) is 8.90. The van der Waals surface area contributed by atoms with Crippen LogP contribution in [0.15, 0.2) is 18.2 Å². The summed E-state index contributed by atoms with van der Waals surface area (Å²) in [6.07, 6.45) is 4.12. The van der Waals surface area contributed by atoms with Crippen LogP contribution in [0.25, 0.3) is 0 Å². The third-order valence-corrected chi connectivity index (χ3v) is 2.51. The van der Waals surface area contributed by atoms with E-state index in [9.17, 15) is 5.11 Å². The van der Waals surface area contributed by atoms with Gasteiger partial charge in [0.25, 0.3) is 0 Å². The second kappa shape index (κ2) is 4.43. The van der Waals surface area contributed by atoms with Crippen molar-refractivity contribution in [3.63, 3.8) is 0 Å². The first-order valence-electron chi connectivity index (χ1n) is 5.46. The van der Waals surface area contributed by atoms with Gasteiger partial charge in [0.2, 0.25) is 12.0 Å². The molecule has 1 heterocycles. The van der Waals surface area contributed by atoms with Gasteiger partial charge in [-0.15, -0.1) is 0 Å². The van der Waals surface area contributed by atoms with Gasteiger partial charge in [-0.25, -0.2) is 0 Å². The number of para-hydroxylation sites is 1. The molecule has 1 aromatic carbocycles. The molecule has 0 amide bonds. The van der Waals surface area contributed by atoms with Gasteiger partial charge in [-0.1, -0.05) is 25.8 Å². The lowest BCUT2D eigenvalue weighted by Crippen LogP contribution is -2.17. The first kappa shape index (κ1) is 10.1. The van der Waals surface area contributed by atoms with E-state index < -0.39 is 0 Å². The summed E-state index contributed by atoms with van der Waals surface area (Å²) in [6, 6.07) is 5.18. The molecule has 3 nitrogen and oxygen atoms in total. The Morgan fingerprint density at radius 3 is 2.87 bits per heavy atom. The Kier molecular flexibility index (Phi) is 2.99. The molecule has 1 N–H and O–H groups in total. The van der Waals surface area contributed by atoms with Gasteiger partial charge in [-0.2, -0.15) is 0 Å². The Morgan fingerprint density at radius 2 is 2.13 bits per heavy atom. The molecule has 0 saturated heterocycles. The number of ether oxygens (including phenoxy) is 2. The predicted octanol–water partition coefficient (Wildman–Crippen LogP) is 3.07. The number of benzene rings is 1. The first-order valence-corrected chi connectivity index (χ1v) is 5.46. The molecular weight excluding hydrogens is 192 g/mol. The Labute approximate surface area is 89.6 Å². The van der Waals surface area contributed by atoms with Crippen LogP contribution in [0.2, 0.25) is 0 Å². The van der Waals surface area contributed by atoms with E-state index >= 15 is 0 Å². The minimum Gasteiger partial charge on any atom is -0.504 e. The average Bonchev–Trinajstić information content (AvgIpc) is 2.63. The summed E-state index contributed by atoms with van der Waals surface area (Å²) in [7, 11) is 0. The summed E-state index contributed by atoms with van der Waals surface area (Å²) in [4.78, 5) is 0. The molecule has 0 aliphatic carbocycles. The van der Waals surface area contributed by atoms with E-state index in [1.807, 2.05) is 6.07 Å². The van der Waals surface area contributed by atoms with Gasteiger partial charge in [0, 0.05) is 6.42 Å². The number of fused-ring (bicyclic) bond motifs is 1. The van der Waals surface area contributed by atoms with Gasteiger partial charge in [0.15, 0.2) is 11.5 Å². The lowest BCUT2D eigenvalue weighted by molar-refractivity contribution is 0.0385. The second-order valence-electron chi connectivity index (χ2n) is 3.77. The standard InChI is InChI=1S/C12H16O3/c1-2-3-4-8-11-14-10-7-5-6-9(13)12(10)15-11/h5-7,11,13H,2-4,8H2,1H3. The quantitative estimate of drug-likeness (QED) is 0.773. The van der Waals surface area contributed by atoms with Gasteiger partial charge in [-0.3, -0.25) is 0 Å². The third-order valence-electron chi connectivity index (χ3n) is 2.51. The third kappa shape index (κ3) is 2.17. The van der Waals surface area contributed by atoms with E-state index in [1.165, 1.54) is 12.8 Å². The lowest BCUT2D eigenvalue weighted by Gasteiger charge is -2.09. The van der Waals surface area contributed by atoms with Crippen LogP contribution in [-0.2, 0) is 0 Å². The van der Waals surface area contributed by atoms with E-state index in [0.29, 0.717) is 11.5 Å². The molecule has 1 aliphatic heterocycles. The fourth-order valence-corrected chi connectivity index (χ4v) is 1.69. The summed E-state index contributed by atoms with van der Waals surface area (Å²) >= 11 is 0. The highest BCUT2D eigenvalue weighted by Gasteiger charge is 2.25. The summed E-state index contributed by atoms with van der Waals surface area (Å²) in [5.41, 5.74) is 0. The number of unbranched alkanes of at least 4 members (excludes halogenated alkanes) is 2. The van der Waals surface area contributed by atoms with Crippen molar-refractivity contribution >= 4 is 0 Å². The van der Waals surface area contributed by atoms with Crippen molar-refractivity contribution in [2.75, 3.05) is 0 Å². The van der Waals surface area contributed by atoms with E-state index in [0.717, 1.165) is 12.8 Å². The van der Waals surface area contributed by atoms with Crippen LogP contribution in [0.1, 0.15) is 32.6 Å². The molecule has 0 bridgehead atoms. The highest BCUT2D eigenvalue weighted by Crippen LogP contribution is 2.42. The summed E-state index contributed by atoms with van der Waals surface area (Å²) in [5, 5.41) is 9.52. The van der Waals surface area contributed by atoms with Crippen molar-refractivity contribution in [3.05, 3.63) is 18.2 Å². The monoisotopic (exact) mass is 208 g/mol. The highest BCUT2D eigenvalue weighted by molar-refractivity contribution is 5.51. The van der Waals surface area contributed by atoms with Gasteiger partial charge in [0.1, 0.15) is 0 Å². The largest absolute Gasteiger partial charge is 0.504 e. The van der Waals surface area contributed by atoms with Crippen molar-refractivity contribution in [2.24, 2.45) is 0 Å². The molecule has 1 aromatic rings. The molecule has 0 fully saturated rings. The smallest absolute Gasteiger partial charge is 0.241 e. The van der Waals surface area contributed by atoms with Crippen molar-refractivity contribution < 1.29 is 14.6 Å². The molecule has 82 valence electrons. The maximum absolute atomic E-state index is 9.52. The molecule has 15 heavy (non-hydrogen) atoms. The van der Waals surface area contributed by atoms with E-state index in [-0.39, 0.29) is 12.0 Å². The number of phenolic OH excluding ortho intramolecular Hbond substituents is 1. The van der Waals surface area contributed by atoms with Crippen LogP contribution in [-0.4, -0.2) is 11.4 Å².